The maximum absolute atomic E-state index is 12.6. The quantitative estimate of drug-likeness (QED) is 0.565. The number of anilines is 3. The second kappa shape index (κ2) is 8.23. The lowest BCUT2D eigenvalue weighted by Crippen LogP contribution is -2.19. The van der Waals surface area contributed by atoms with Gasteiger partial charge in [0, 0.05) is 29.0 Å². The smallest absolute Gasteiger partial charge is 0.261 e. The number of benzene rings is 3. The fraction of sp³-hybridized carbons (Fsp3) is 0.130. The number of amides is 2. The SMILES string of the molecule is Cc1ccc(NS(=O)(=O)c2ccc(C(=O)Nc3ccc4c(c3)CCC(=O)N4)cc2)cc1. The van der Waals surface area contributed by atoms with Gasteiger partial charge in [0.1, 0.15) is 0 Å². The van der Waals surface area contributed by atoms with Crippen LogP contribution in [0.2, 0.25) is 0 Å². The summed E-state index contributed by atoms with van der Waals surface area (Å²) < 4.78 is 27.7. The fourth-order valence-corrected chi connectivity index (χ4v) is 4.34. The van der Waals surface area contributed by atoms with Gasteiger partial charge in [0.05, 0.1) is 4.90 Å². The molecule has 7 nitrogen and oxygen atoms in total. The van der Waals surface area contributed by atoms with Crippen molar-refractivity contribution in [2.75, 3.05) is 15.4 Å². The Morgan fingerprint density at radius 3 is 2.29 bits per heavy atom. The molecule has 0 unspecified atom stereocenters. The van der Waals surface area contributed by atoms with Crippen LogP contribution in [0.15, 0.2) is 71.6 Å². The second-order valence-electron chi connectivity index (χ2n) is 7.37. The maximum Gasteiger partial charge on any atom is 0.261 e. The summed E-state index contributed by atoms with van der Waals surface area (Å²) in [5.41, 5.74) is 4.15. The van der Waals surface area contributed by atoms with E-state index in [1.54, 1.807) is 24.3 Å². The molecule has 0 saturated heterocycles. The van der Waals surface area contributed by atoms with E-state index >= 15 is 0 Å². The summed E-state index contributed by atoms with van der Waals surface area (Å²) in [7, 11) is -3.76. The number of carbonyl (C=O) groups excluding carboxylic acids is 2. The number of hydrogen-bond acceptors (Lipinski definition) is 4. The van der Waals surface area contributed by atoms with Crippen LogP contribution in [0.5, 0.6) is 0 Å². The Morgan fingerprint density at radius 1 is 0.903 bits per heavy atom. The molecular formula is C23H21N3O4S. The number of aryl methyl sites for hydroxylation is 2. The van der Waals surface area contributed by atoms with Crippen LogP contribution in [0.1, 0.15) is 27.9 Å². The number of hydrogen-bond donors (Lipinski definition) is 3. The number of fused-ring (bicyclic) bond motifs is 1. The predicted octanol–water partition coefficient (Wildman–Crippen LogP) is 3.93. The van der Waals surface area contributed by atoms with E-state index in [2.05, 4.69) is 15.4 Å². The molecule has 3 aromatic rings. The molecule has 0 radical (unpaired) electrons. The van der Waals surface area contributed by atoms with Gasteiger partial charge in [0.25, 0.3) is 15.9 Å². The number of nitrogens with one attached hydrogen (secondary N) is 3. The topological polar surface area (TPSA) is 104 Å². The molecule has 4 rings (SSSR count). The Bertz CT molecular complexity index is 1250. The molecule has 8 heteroatoms. The molecule has 3 N–H and O–H groups in total. The van der Waals surface area contributed by atoms with Gasteiger partial charge in [-0.25, -0.2) is 8.42 Å². The largest absolute Gasteiger partial charge is 0.326 e. The number of carbonyl (C=O) groups is 2. The molecule has 0 aliphatic carbocycles. The van der Waals surface area contributed by atoms with Crippen LogP contribution in [0, 0.1) is 6.92 Å². The van der Waals surface area contributed by atoms with E-state index in [9.17, 15) is 18.0 Å². The normalized spacial score (nSPS) is 13.1. The first kappa shape index (κ1) is 20.6. The van der Waals surface area contributed by atoms with Crippen molar-refractivity contribution in [1.29, 1.82) is 0 Å². The van der Waals surface area contributed by atoms with Gasteiger partial charge in [-0.2, -0.15) is 0 Å². The summed E-state index contributed by atoms with van der Waals surface area (Å²) >= 11 is 0. The van der Waals surface area contributed by atoms with Crippen LogP contribution in [0.25, 0.3) is 0 Å². The standard InChI is InChI=1S/C23H21N3O4S/c1-15-2-7-18(8-3-15)26-31(29,30)20-10-4-16(5-11-20)23(28)24-19-9-12-21-17(14-19)6-13-22(27)25-21/h2-5,7-12,14,26H,6,13H2,1H3,(H,24,28)(H,25,27). The van der Waals surface area contributed by atoms with Gasteiger partial charge in [0.15, 0.2) is 0 Å². The third-order valence-corrected chi connectivity index (χ3v) is 6.39. The summed E-state index contributed by atoms with van der Waals surface area (Å²) in [5.74, 6) is -0.369. The van der Waals surface area contributed by atoms with Gasteiger partial charge < -0.3 is 10.6 Å². The Labute approximate surface area is 180 Å². The third-order valence-electron chi connectivity index (χ3n) is 4.99. The van der Waals surface area contributed by atoms with Gasteiger partial charge in [-0.3, -0.25) is 14.3 Å². The molecule has 0 aromatic heterocycles. The molecule has 0 fully saturated rings. The van der Waals surface area contributed by atoms with Gasteiger partial charge in [-0.05, 0) is 73.5 Å². The van der Waals surface area contributed by atoms with Gasteiger partial charge >= 0.3 is 0 Å². The van der Waals surface area contributed by atoms with Gasteiger partial charge in [-0.1, -0.05) is 17.7 Å². The zero-order chi connectivity index (χ0) is 22.0. The van der Waals surface area contributed by atoms with E-state index < -0.39 is 10.0 Å². The van der Waals surface area contributed by atoms with Crippen LogP contribution >= 0.6 is 0 Å². The van der Waals surface area contributed by atoms with E-state index in [-0.39, 0.29) is 16.7 Å². The van der Waals surface area contributed by atoms with E-state index in [1.165, 1.54) is 24.3 Å². The van der Waals surface area contributed by atoms with Crippen LogP contribution in [-0.2, 0) is 21.2 Å². The zero-order valence-corrected chi connectivity index (χ0v) is 17.6. The van der Waals surface area contributed by atoms with Crippen LogP contribution in [0.4, 0.5) is 17.1 Å². The summed E-state index contributed by atoms with van der Waals surface area (Å²) in [5, 5.41) is 5.60. The van der Waals surface area contributed by atoms with E-state index in [0.717, 1.165) is 16.8 Å². The molecule has 1 aliphatic rings. The maximum atomic E-state index is 12.6. The molecule has 1 heterocycles. The van der Waals surface area contributed by atoms with Crippen molar-refractivity contribution in [1.82, 2.24) is 0 Å². The third kappa shape index (κ3) is 4.75. The monoisotopic (exact) mass is 435 g/mol. The van der Waals surface area contributed by atoms with Gasteiger partial charge in [0.2, 0.25) is 5.91 Å². The molecule has 0 saturated carbocycles. The Hall–Kier alpha value is -3.65. The van der Waals surface area contributed by atoms with Crippen molar-refractivity contribution in [2.24, 2.45) is 0 Å². The fourth-order valence-electron chi connectivity index (χ4n) is 3.29. The highest BCUT2D eigenvalue weighted by Crippen LogP contribution is 2.26. The average molecular weight is 436 g/mol. The van der Waals surface area contributed by atoms with Crippen LogP contribution in [-0.4, -0.2) is 20.2 Å². The highest BCUT2D eigenvalue weighted by molar-refractivity contribution is 7.92. The highest BCUT2D eigenvalue weighted by atomic mass is 32.2. The second-order valence-corrected chi connectivity index (χ2v) is 9.05. The number of sulfonamides is 1. The average Bonchev–Trinajstić information content (AvgIpc) is 2.75. The molecular weight excluding hydrogens is 414 g/mol. The molecule has 0 atom stereocenters. The lowest BCUT2D eigenvalue weighted by atomic mass is 10.0. The molecule has 0 spiro atoms. The first-order chi connectivity index (χ1) is 14.8. The first-order valence-electron chi connectivity index (χ1n) is 9.74. The zero-order valence-electron chi connectivity index (χ0n) is 16.8. The Balaban J connectivity index is 1.45. The summed E-state index contributed by atoms with van der Waals surface area (Å²) in [6, 6.07) is 18.1. The first-order valence-corrected chi connectivity index (χ1v) is 11.2. The van der Waals surface area contributed by atoms with Crippen molar-refractivity contribution < 1.29 is 18.0 Å². The molecule has 3 aromatic carbocycles. The van der Waals surface area contributed by atoms with Crippen molar-refractivity contribution in [2.45, 2.75) is 24.7 Å². The molecule has 0 bridgehead atoms. The summed E-state index contributed by atoms with van der Waals surface area (Å²) in [6.45, 7) is 1.92. The van der Waals surface area contributed by atoms with E-state index in [1.807, 2.05) is 25.1 Å². The minimum atomic E-state index is -3.76. The predicted molar refractivity (Wildman–Crippen MR) is 120 cm³/mol. The van der Waals surface area contributed by atoms with Crippen molar-refractivity contribution in [3.63, 3.8) is 0 Å². The summed E-state index contributed by atoms with van der Waals surface area (Å²) in [6.07, 6.45) is 1.03. The summed E-state index contributed by atoms with van der Waals surface area (Å²) in [4.78, 5) is 24.1. The molecule has 1 aliphatic heterocycles. The lowest BCUT2D eigenvalue weighted by molar-refractivity contribution is -0.116. The molecule has 158 valence electrons. The lowest BCUT2D eigenvalue weighted by Gasteiger charge is -2.17. The molecule has 31 heavy (non-hydrogen) atoms. The minimum Gasteiger partial charge on any atom is -0.326 e. The molecule has 2 amide bonds. The minimum absolute atomic E-state index is 0.0174. The van der Waals surface area contributed by atoms with Crippen molar-refractivity contribution in [3.05, 3.63) is 83.4 Å². The van der Waals surface area contributed by atoms with Crippen molar-refractivity contribution >= 4 is 38.9 Å². The van der Waals surface area contributed by atoms with Gasteiger partial charge in [-0.15, -0.1) is 0 Å². The highest BCUT2D eigenvalue weighted by Gasteiger charge is 2.17. The van der Waals surface area contributed by atoms with Crippen LogP contribution in [0.3, 0.4) is 0 Å². The van der Waals surface area contributed by atoms with E-state index in [0.29, 0.717) is 29.8 Å². The Kier molecular flexibility index (Phi) is 5.48. The Morgan fingerprint density at radius 2 is 1.58 bits per heavy atom. The van der Waals surface area contributed by atoms with E-state index in [4.69, 9.17) is 0 Å². The van der Waals surface area contributed by atoms with Crippen LogP contribution < -0.4 is 15.4 Å². The number of rotatable bonds is 5. The van der Waals surface area contributed by atoms with Crippen molar-refractivity contribution in [3.8, 4) is 0 Å².